The van der Waals surface area contributed by atoms with Gasteiger partial charge in [-0.3, -0.25) is 9.67 Å². The van der Waals surface area contributed by atoms with Gasteiger partial charge in [-0.2, -0.15) is 5.10 Å². The highest BCUT2D eigenvalue weighted by Gasteiger charge is 2.04. The fourth-order valence-electron chi connectivity index (χ4n) is 1.80. The van der Waals surface area contributed by atoms with Crippen LogP contribution in [0, 0.1) is 0 Å². The van der Waals surface area contributed by atoms with E-state index in [1.165, 1.54) is 5.56 Å². The minimum Gasteiger partial charge on any atom is -0.484 e. The smallest absolute Gasteiger partial charge is 0.157 e. The highest BCUT2D eigenvalue weighted by Crippen LogP contribution is 2.14. The van der Waals surface area contributed by atoms with Gasteiger partial charge >= 0.3 is 0 Å². The van der Waals surface area contributed by atoms with E-state index in [9.17, 15) is 0 Å². The van der Waals surface area contributed by atoms with Crippen LogP contribution >= 0.6 is 0 Å². The summed E-state index contributed by atoms with van der Waals surface area (Å²) in [6.07, 6.45) is 5.54. The molecule has 0 amide bonds. The van der Waals surface area contributed by atoms with E-state index >= 15 is 0 Å². The van der Waals surface area contributed by atoms with Crippen molar-refractivity contribution in [3.05, 3.63) is 42.0 Å². The Morgan fingerprint density at radius 2 is 2.00 bits per heavy atom. The Morgan fingerprint density at radius 1 is 1.19 bits per heavy atom. The summed E-state index contributed by atoms with van der Waals surface area (Å²) in [5.74, 6) is 0.774. The summed E-state index contributed by atoms with van der Waals surface area (Å²) in [6, 6.07) is 4.90. The van der Waals surface area contributed by atoms with E-state index in [2.05, 4.69) is 49.2 Å². The molecule has 0 atom stereocenters. The molecule has 5 nitrogen and oxygen atoms in total. The molecule has 0 spiro atoms. The number of pyridine rings is 1. The maximum absolute atomic E-state index is 5.70. The van der Waals surface area contributed by atoms with Crippen LogP contribution in [0.4, 0.5) is 0 Å². The van der Waals surface area contributed by atoms with Crippen molar-refractivity contribution in [3.63, 3.8) is 0 Å². The van der Waals surface area contributed by atoms with E-state index in [1.807, 2.05) is 23.1 Å². The molecule has 0 fully saturated rings. The van der Waals surface area contributed by atoms with Crippen molar-refractivity contribution in [2.45, 2.75) is 52.9 Å². The molecule has 5 heteroatoms. The summed E-state index contributed by atoms with van der Waals surface area (Å²) in [4.78, 5) is 4.42. The van der Waals surface area contributed by atoms with Gasteiger partial charge in [-0.25, -0.2) is 0 Å². The quantitative estimate of drug-likeness (QED) is 0.851. The molecule has 0 aliphatic heterocycles. The molecular weight excluding hydrogens is 264 g/mol. The molecule has 0 aromatic carbocycles. The lowest BCUT2D eigenvalue weighted by molar-refractivity contribution is 0.300. The minimum absolute atomic E-state index is 0.341. The van der Waals surface area contributed by atoms with Crippen molar-refractivity contribution in [3.8, 4) is 5.75 Å². The van der Waals surface area contributed by atoms with Crippen LogP contribution in [-0.4, -0.2) is 20.8 Å². The molecule has 114 valence electrons. The Morgan fingerprint density at radius 3 is 2.57 bits per heavy atom. The number of hydrogen-bond acceptors (Lipinski definition) is 4. The van der Waals surface area contributed by atoms with Gasteiger partial charge in [0.2, 0.25) is 0 Å². The van der Waals surface area contributed by atoms with E-state index in [-0.39, 0.29) is 0 Å². The monoisotopic (exact) mass is 288 g/mol. The van der Waals surface area contributed by atoms with E-state index in [0.29, 0.717) is 18.7 Å². The molecule has 0 radical (unpaired) electrons. The first-order valence-electron chi connectivity index (χ1n) is 7.38. The van der Waals surface area contributed by atoms with Crippen molar-refractivity contribution in [1.29, 1.82) is 0 Å². The molecule has 21 heavy (non-hydrogen) atoms. The third kappa shape index (κ3) is 4.86. The zero-order valence-corrected chi connectivity index (χ0v) is 13.2. The van der Waals surface area contributed by atoms with E-state index in [4.69, 9.17) is 4.74 Å². The van der Waals surface area contributed by atoms with Crippen molar-refractivity contribution < 1.29 is 4.74 Å². The second-order valence-electron chi connectivity index (χ2n) is 5.73. The van der Waals surface area contributed by atoms with Gasteiger partial charge in [0.05, 0.1) is 18.1 Å². The van der Waals surface area contributed by atoms with Crippen LogP contribution in [-0.2, 0) is 13.2 Å². The highest BCUT2D eigenvalue weighted by molar-refractivity contribution is 5.16. The third-order valence-electron chi connectivity index (χ3n) is 3.09. The summed E-state index contributed by atoms with van der Waals surface area (Å²) < 4.78 is 7.58. The van der Waals surface area contributed by atoms with Crippen LogP contribution in [0.2, 0.25) is 0 Å². The fraction of sp³-hybridized carbons (Fsp3) is 0.500. The Bertz CT molecular complexity index is 546. The molecule has 0 aliphatic carbocycles. The molecule has 2 aromatic heterocycles. The van der Waals surface area contributed by atoms with Crippen molar-refractivity contribution in [2.24, 2.45) is 0 Å². The molecule has 1 N–H and O–H groups in total. The lowest BCUT2D eigenvalue weighted by Crippen LogP contribution is -2.21. The average Bonchev–Trinajstić information content (AvgIpc) is 2.93. The number of aromatic nitrogens is 3. The molecular formula is C16H24N4O. The number of ether oxygens (including phenoxy) is 1. The van der Waals surface area contributed by atoms with Crippen LogP contribution in [0.25, 0.3) is 0 Å². The van der Waals surface area contributed by atoms with Crippen LogP contribution in [0.1, 0.15) is 45.0 Å². The summed E-state index contributed by atoms with van der Waals surface area (Å²) in [5, 5.41) is 7.62. The Labute approximate surface area is 126 Å². The van der Waals surface area contributed by atoms with Gasteiger partial charge in [-0.05, 0) is 25.5 Å². The molecule has 2 aromatic rings. The molecule has 2 heterocycles. The molecule has 0 saturated carbocycles. The third-order valence-corrected chi connectivity index (χ3v) is 3.09. The second kappa shape index (κ2) is 7.22. The van der Waals surface area contributed by atoms with Crippen LogP contribution in [0.3, 0.4) is 0 Å². The number of hydrogen-bond donors (Lipinski definition) is 1. The van der Waals surface area contributed by atoms with Gasteiger partial charge in [0.1, 0.15) is 6.61 Å². The summed E-state index contributed by atoms with van der Waals surface area (Å²) in [6.45, 7) is 9.74. The lowest BCUT2D eigenvalue weighted by Gasteiger charge is -2.08. The van der Waals surface area contributed by atoms with Gasteiger partial charge in [-0.15, -0.1) is 0 Å². The first kappa shape index (κ1) is 15.5. The Kier molecular flexibility index (Phi) is 5.33. The minimum atomic E-state index is 0.341. The zero-order valence-electron chi connectivity index (χ0n) is 13.2. The summed E-state index contributed by atoms with van der Waals surface area (Å²) in [5.41, 5.74) is 2.10. The van der Waals surface area contributed by atoms with E-state index in [1.54, 1.807) is 6.20 Å². The van der Waals surface area contributed by atoms with E-state index < -0.39 is 0 Å². The SMILES string of the molecule is CC(C)NCc1ccc(COc2cnn(C(C)C)c2)nc1. The highest BCUT2D eigenvalue weighted by atomic mass is 16.5. The van der Waals surface area contributed by atoms with Crippen molar-refractivity contribution in [1.82, 2.24) is 20.1 Å². The fourth-order valence-corrected chi connectivity index (χ4v) is 1.80. The summed E-state index contributed by atoms with van der Waals surface area (Å²) in [7, 11) is 0. The summed E-state index contributed by atoms with van der Waals surface area (Å²) >= 11 is 0. The number of nitrogens with one attached hydrogen (secondary N) is 1. The number of rotatable bonds is 7. The van der Waals surface area contributed by atoms with Crippen LogP contribution in [0.5, 0.6) is 5.75 Å². The maximum Gasteiger partial charge on any atom is 0.157 e. The van der Waals surface area contributed by atoms with Gasteiger partial charge in [0, 0.05) is 24.8 Å². The van der Waals surface area contributed by atoms with Crippen molar-refractivity contribution >= 4 is 0 Å². The maximum atomic E-state index is 5.70. The standard InChI is InChI=1S/C16H24N4O/c1-12(2)17-7-14-5-6-15(18-8-14)11-21-16-9-19-20(10-16)13(3)4/h5-6,8-10,12-13,17H,7,11H2,1-4H3. The normalized spacial score (nSPS) is 11.3. The largest absolute Gasteiger partial charge is 0.484 e. The Balaban J connectivity index is 1.85. The average molecular weight is 288 g/mol. The van der Waals surface area contributed by atoms with Gasteiger partial charge < -0.3 is 10.1 Å². The molecule has 0 aliphatic rings. The zero-order chi connectivity index (χ0) is 15.2. The molecule has 0 saturated heterocycles. The van der Waals surface area contributed by atoms with E-state index in [0.717, 1.165) is 18.0 Å². The predicted octanol–water partition coefficient (Wildman–Crippen LogP) is 2.94. The van der Waals surface area contributed by atoms with Gasteiger partial charge in [-0.1, -0.05) is 19.9 Å². The van der Waals surface area contributed by atoms with Crippen LogP contribution in [0.15, 0.2) is 30.7 Å². The van der Waals surface area contributed by atoms with Crippen LogP contribution < -0.4 is 10.1 Å². The molecule has 2 rings (SSSR count). The lowest BCUT2D eigenvalue weighted by atomic mass is 10.2. The first-order valence-corrected chi connectivity index (χ1v) is 7.38. The first-order chi connectivity index (χ1) is 10.0. The second-order valence-corrected chi connectivity index (χ2v) is 5.73. The molecule has 0 unspecified atom stereocenters. The van der Waals surface area contributed by atoms with Gasteiger partial charge in [0.15, 0.2) is 5.75 Å². The van der Waals surface area contributed by atoms with Crippen molar-refractivity contribution in [2.75, 3.05) is 0 Å². The predicted molar refractivity (Wildman–Crippen MR) is 83.2 cm³/mol. The number of nitrogens with zero attached hydrogens (tertiary/aromatic N) is 3. The van der Waals surface area contributed by atoms with Gasteiger partial charge in [0.25, 0.3) is 0 Å². The molecule has 0 bridgehead atoms. The Hall–Kier alpha value is -1.88. The topological polar surface area (TPSA) is 52.0 Å².